The molecule has 2 aromatic carbocycles. The molecule has 172 valence electrons. The number of nitrogens with zero attached hydrogens (tertiary/aromatic N) is 4. The van der Waals surface area contributed by atoms with Crippen LogP contribution in [0, 0.1) is 0 Å². The first-order valence-corrected chi connectivity index (χ1v) is 13.2. The topological polar surface area (TPSA) is 75.5 Å². The standard InChI is InChI=1S/C25H28N4O3S/c30-25(28-15-13-27(14-16-28)22-10-17-33(31,32)19-22)24-5-2-1-4-23(24)21-8-6-20(7-9-21)18-29-12-3-11-26-29/h1-9,11-12,22H,10,13-19H2. The molecule has 1 unspecified atom stereocenters. The minimum absolute atomic E-state index is 0.0323. The van der Waals surface area contributed by atoms with Crippen molar-refractivity contribution in [3.8, 4) is 11.1 Å². The summed E-state index contributed by atoms with van der Waals surface area (Å²) < 4.78 is 25.5. The van der Waals surface area contributed by atoms with Gasteiger partial charge in [0.15, 0.2) is 9.84 Å². The molecular weight excluding hydrogens is 436 g/mol. The molecule has 7 nitrogen and oxygen atoms in total. The zero-order chi connectivity index (χ0) is 22.8. The number of aromatic nitrogens is 2. The van der Waals surface area contributed by atoms with Gasteiger partial charge < -0.3 is 4.90 Å². The van der Waals surface area contributed by atoms with Crippen LogP contribution in [0.5, 0.6) is 0 Å². The van der Waals surface area contributed by atoms with Gasteiger partial charge in [0.25, 0.3) is 5.91 Å². The third kappa shape index (κ3) is 4.86. The van der Waals surface area contributed by atoms with Crippen molar-refractivity contribution in [1.82, 2.24) is 19.6 Å². The summed E-state index contributed by atoms with van der Waals surface area (Å²) in [5, 5.41) is 4.25. The van der Waals surface area contributed by atoms with E-state index in [1.165, 1.54) is 0 Å². The molecule has 1 atom stereocenters. The lowest BCUT2D eigenvalue weighted by Gasteiger charge is -2.37. The van der Waals surface area contributed by atoms with Crippen LogP contribution >= 0.6 is 0 Å². The van der Waals surface area contributed by atoms with Gasteiger partial charge in [-0.1, -0.05) is 42.5 Å². The number of hydrogen-bond acceptors (Lipinski definition) is 5. The van der Waals surface area contributed by atoms with Gasteiger partial charge in [-0.15, -0.1) is 0 Å². The monoisotopic (exact) mass is 464 g/mol. The van der Waals surface area contributed by atoms with Crippen molar-refractivity contribution in [2.75, 3.05) is 37.7 Å². The van der Waals surface area contributed by atoms with Crippen molar-refractivity contribution < 1.29 is 13.2 Å². The molecule has 2 aliphatic heterocycles. The molecule has 0 spiro atoms. The second-order valence-corrected chi connectivity index (χ2v) is 11.1. The van der Waals surface area contributed by atoms with Crippen LogP contribution in [0.1, 0.15) is 22.3 Å². The molecule has 1 aromatic heterocycles. The maximum atomic E-state index is 13.4. The molecular formula is C25H28N4O3S. The van der Waals surface area contributed by atoms with Crippen LogP contribution in [-0.2, 0) is 16.4 Å². The lowest BCUT2D eigenvalue weighted by Crippen LogP contribution is -2.52. The molecule has 0 radical (unpaired) electrons. The van der Waals surface area contributed by atoms with Crippen molar-refractivity contribution in [2.24, 2.45) is 0 Å². The lowest BCUT2D eigenvalue weighted by atomic mass is 9.97. The minimum Gasteiger partial charge on any atom is -0.336 e. The molecule has 0 bridgehead atoms. The predicted molar refractivity (Wildman–Crippen MR) is 128 cm³/mol. The Hall–Kier alpha value is -2.97. The summed E-state index contributed by atoms with van der Waals surface area (Å²) in [6, 6.07) is 18.0. The normalized spacial score (nSPS) is 20.7. The number of hydrogen-bond donors (Lipinski definition) is 0. The fourth-order valence-corrected chi connectivity index (χ4v) is 6.58. The fraction of sp³-hybridized carbons (Fsp3) is 0.360. The summed E-state index contributed by atoms with van der Waals surface area (Å²) in [5.41, 5.74) is 3.79. The molecule has 3 heterocycles. The number of amides is 1. The number of benzene rings is 2. The van der Waals surface area contributed by atoms with Crippen LogP contribution in [0.2, 0.25) is 0 Å². The van der Waals surface area contributed by atoms with Gasteiger partial charge in [-0.3, -0.25) is 14.4 Å². The average molecular weight is 465 g/mol. The van der Waals surface area contributed by atoms with Gasteiger partial charge >= 0.3 is 0 Å². The highest BCUT2D eigenvalue weighted by molar-refractivity contribution is 7.91. The number of sulfone groups is 1. The quantitative estimate of drug-likeness (QED) is 0.580. The molecule has 33 heavy (non-hydrogen) atoms. The average Bonchev–Trinajstić information content (AvgIpc) is 3.48. The Balaban J connectivity index is 1.27. The maximum absolute atomic E-state index is 13.4. The van der Waals surface area contributed by atoms with E-state index in [4.69, 9.17) is 0 Å². The first kappa shape index (κ1) is 21.9. The molecule has 0 saturated carbocycles. The van der Waals surface area contributed by atoms with E-state index in [9.17, 15) is 13.2 Å². The van der Waals surface area contributed by atoms with Crippen molar-refractivity contribution in [2.45, 2.75) is 19.0 Å². The highest BCUT2D eigenvalue weighted by atomic mass is 32.2. The van der Waals surface area contributed by atoms with Crippen molar-refractivity contribution in [3.63, 3.8) is 0 Å². The van der Waals surface area contributed by atoms with Crippen molar-refractivity contribution >= 4 is 15.7 Å². The third-order valence-corrected chi connectivity index (χ3v) is 8.40. The van der Waals surface area contributed by atoms with E-state index in [1.54, 1.807) is 6.20 Å². The van der Waals surface area contributed by atoms with Gasteiger partial charge in [0.1, 0.15) is 0 Å². The smallest absolute Gasteiger partial charge is 0.254 e. The summed E-state index contributed by atoms with van der Waals surface area (Å²) in [4.78, 5) is 17.5. The van der Waals surface area contributed by atoms with Crippen molar-refractivity contribution in [3.05, 3.63) is 78.1 Å². The molecule has 0 N–H and O–H groups in total. The van der Waals surface area contributed by atoms with Crippen LogP contribution < -0.4 is 0 Å². The van der Waals surface area contributed by atoms with E-state index in [-0.39, 0.29) is 23.5 Å². The number of piperazine rings is 1. The Bertz CT molecular complexity index is 1210. The molecule has 5 rings (SSSR count). The van der Waals surface area contributed by atoms with E-state index in [0.717, 1.165) is 29.8 Å². The Labute approximate surface area is 194 Å². The van der Waals surface area contributed by atoms with E-state index >= 15 is 0 Å². The minimum atomic E-state index is -2.90. The first-order valence-electron chi connectivity index (χ1n) is 11.4. The zero-order valence-electron chi connectivity index (χ0n) is 18.5. The zero-order valence-corrected chi connectivity index (χ0v) is 19.3. The van der Waals surface area contributed by atoms with Crippen LogP contribution in [-0.4, -0.2) is 77.6 Å². The second kappa shape index (κ2) is 9.11. The highest BCUT2D eigenvalue weighted by Crippen LogP contribution is 2.26. The summed E-state index contributed by atoms with van der Waals surface area (Å²) >= 11 is 0. The second-order valence-electron chi connectivity index (χ2n) is 8.83. The van der Waals surface area contributed by atoms with E-state index in [1.807, 2.05) is 46.1 Å². The SMILES string of the molecule is O=C(c1ccccc1-c1ccc(Cn2cccn2)cc1)N1CCN(C2CCS(=O)(=O)C2)CC1. The number of carbonyl (C=O) groups excluding carboxylic acids is 1. The Morgan fingerprint density at radius 3 is 2.39 bits per heavy atom. The molecule has 3 aromatic rings. The van der Waals surface area contributed by atoms with E-state index < -0.39 is 9.84 Å². The van der Waals surface area contributed by atoms with Crippen LogP contribution in [0.25, 0.3) is 11.1 Å². The van der Waals surface area contributed by atoms with E-state index in [2.05, 4.69) is 34.3 Å². The Morgan fingerprint density at radius 1 is 0.970 bits per heavy atom. The predicted octanol–water partition coefficient (Wildman–Crippen LogP) is 2.54. The number of rotatable bonds is 5. The molecule has 2 fully saturated rings. The first-order chi connectivity index (χ1) is 16.0. The van der Waals surface area contributed by atoms with Gasteiger partial charge in [-0.2, -0.15) is 5.10 Å². The van der Waals surface area contributed by atoms with Crippen molar-refractivity contribution in [1.29, 1.82) is 0 Å². The van der Waals surface area contributed by atoms with Gasteiger partial charge in [0, 0.05) is 50.2 Å². The summed E-state index contributed by atoms with van der Waals surface area (Å²) in [6.45, 7) is 3.38. The Kier molecular flexibility index (Phi) is 6.03. The van der Waals surface area contributed by atoms with Crippen LogP contribution in [0.15, 0.2) is 67.0 Å². The Morgan fingerprint density at radius 2 is 1.73 bits per heavy atom. The van der Waals surface area contributed by atoms with Crippen LogP contribution in [0.4, 0.5) is 0 Å². The molecule has 2 aliphatic rings. The molecule has 8 heteroatoms. The summed E-state index contributed by atoms with van der Waals surface area (Å²) in [7, 11) is -2.90. The molecule has 2 saturated heterocycles. The van der Waals surface area contributed by atoms with Crippen LogP contribution in [0.3, 0.4) is 0 Å². The highest BCUT2D eigenvalue weighted by Gasteiger charge is 2.34. The van der Waals surface area contributed by atoms with Gasteiger partial charge in [0.05, 0.1) is 18.1 Å². The molecule has 1 amide bonds. The maximum Gasteiger partial charge on any atom is 0.254 e. The number of carbonyl (C=O) groups is 1. The summed E-state index contributed by atoms with van der Waals surface area (Å²) in [6.07, 6.45) is 4.41. The summed E-state index contributed by atoms with van der Waals surface area (Å²) in [5.74, 6) is 0.565. The largest absolute Gasteiger partial charge is 0.336 e. The molecule has 0 aliphatic carbocycles. The lowest BCUT2D eigenvalue weighted by molar-refractivity contribution is 0.0588. The van der Waals surface area contributed by atoms with Gasteiger partial charge in [0.2, 0.25) is 0 Å². The van der Waals surface area contributed by atoms with Gasteiger partial charge in [-0.05, 0) is 35.2 Å². The van der Waals surface area contributed by atoms with E-state index in [0.29, 0.717) is 31.6 Å². The fourth-order valence-electron chi connectivity index (χ4n) is 4.82. The third-order valence-electron chi connectivity index (χ3n) is 6.65. The van der Waals surface area contributed by atoms with Gasteiger partial charge in [-0.25, -0.2) is 8.42 Å².